The summed E-state index contributed by atoms with van der Waals surface area (Å²) in [6.07, 6.45) is -1.88. The fraction of sp³-hybridized carbons (Fsp3) is 0.154. The molecule has 3 amide bonds. The third-order valence-electron chi connectivity index (χ3n) is 2.62. The molecule has 0 radical (unpaired) electrons. The first-order chi connectivity index (χ1) is 10.4. The third kappa shape index (κ3) is 3.62. The minimum absolute atomic E-state index is 0.116. The Morgan fingerprint density at radius 2 is 2.05 bits per heavy atom. The Hall–Kier alpha value is -2.84. The van der Waals surface area contributed by atoms with Gasteiger partial charge in [0, 0.05) is 18.9 Å². The molecule has 0 saturated carbocycles. The number of imide groups is 1. The summed E-state index contributed by atoms with van der Waals surface area (Å²) in [6, 6.07) is 4.02. The van der Waals surface area contributed by atoms with E-state index in [2.05, 4.69) is 10.4 Å². The van der Waals surface area contributed by atoms with Gasteiger partial charge in [-0.15, -0.1) is 0 Å². The second kappa shape index (κ2) is 6.29. The molecule has 1 aromatic carbocycles. The smallest absolute Gasteiger partial charge is 0.308 e. The fourth-order valence-corrected chi connectivity index (χ4v) is 1.74. The molecule has 0 aliphatic carbocycles. The molecule has 9 heteroatoms. The molecule has 22 heavy (non-hydrogen) atoms. The number of benzene rings is 1. The van der Waals surface area contributed by atoms with Crippen LogP contribution in [0.15, 0.2) is 30.5 Å². The number of aryl methyl sites for hydroxylation is 1. The van der Waals surface area contributed by atoms with Crippen molar-refractivity contribution >= 4 is 17.6 Å². The molecule has 0 aliphatic heterocycles. The molecule has 0 aliphatic rings. The number of hydrogen-bond donors (Lipinski definition) is 2. The maximum atomic E-state index is 13.0. The molecule has 0 unspecified atom stereocenters. The number of carbonyl (C=O) groups excluding carboxylic acids is 2. The van der Waals surface area contributed by atoms with E-state index in [1.807, 2.05) is 5.32 Å². The SMILES string of the molecule is Cn1cc(C(=O)NC(=O)Nc2cccc(F)c2)c(C(F)F)n1. The molecule has 2 rings (SSSR count). The van der Waals surface area contributed by atoms with Gasteiger partial charge < -0.3 is 5.32 Å². The zero-order chi connectivity index (χ0) is 16.3. The summed E-state index contributed by atoms with van der Waals surface area (Å²) >= 11 is 0. The van der Waals surface area contributed by atoms with Crippen molar-refractivity contribution in [3.63, 3.8) is 0 Å². The van der Waals surface area contributed by atoms with Crippen molar-refractivity contribution in [3.8, 4) is 0 Å². The number of nitrogens with one attached hydrogen (secondary N) is 2. The van der Waals surface area contributed by atoms with Gasteiger partial charge in [0.1, 0.15) is 11.5 Å². The van der Waals surface area contributed by atoms with E-state index in [-0.39, 0.29) is 5.69 Å². The molecular weight excluding hydrogens is 301 g/mol. The van der Waals surface area contributed by atoms with Gasteiger partial charge in [-0.05, 0) is 18.2 Å². The normalized spacial score (nSPS) is 10.6. The summed E-state index contributed by atoms with van der Waals surface area (Å²) in [7, 11) is 1.37. The Bertz CT molecular complexity index is 715. The average molecular weight is 312 g/mol. The Morgan fingerprint density at radius 1 is 1.32 bits per heavy atom. The maximum Gasteiger partial charge on any atom is 0.326 e. The number of rotatable bonds is 3. The number of hydrogen-bond acceptors (Lipinski definition) is 3. The summed E-state index contributed by atoms with van der Waals surface area (Å²) in [5, 5.41) is 7.55. The highest BCUT2D eigenvalue weighted by Gasteiger charge is 2.23. The number of aromatic nitrogens is 2. The summed E-state index contributed by atoms with van der Waals surface area (Å²) in [5.74, 6) is -1.60. The lowest BCUT2D eigenvalue weighted by molar-refractivity contribution is 0.0952. The molecule has 0 bridgehead atoms. The Morgan fingerprint density at radius 3 is 2.68 bits per heavy atom. The minimum Gasteiger partial charge on any atom is -0.308 e. The molecule has 2 N–H and O–H groups in total. The zero-order valence-electron chi connectivity index (χ0n) is 11.3. The quantitative estimate of drug-likeness (QED) is 0.914. The van der Waals surface area contributed by atoms with Gasteiger partial charge in [0.05, 0.1) is 5.56 Å². The molecule has 2 aromatic rings. The van der Waals surface area contributed by atoms with Crippen LogP contribution in [0.3, 0.4) is 0 Å². The predicted molar refractivity (Wildman–Crippen MR) is 71.0 cm³/mol. The fourth-order valence-electron chi connectivity index (χ4n) is 1.74. The molecular formula is C13H11F3N4O2. The van der Waals surface area contributed by atoms with Crippen LogP contribution >= 0.6 is 0 Å². The molecule has 1 heterocycles. The van der Waals surface area contributed by atoms with E-state index >= 15 is 0 Å². The monoisotopic (exact) mass is 312 g/mol. The van der Waals surface area contributed by atoms with E-state index in [4.69, 9.17) is 0 Å². The number of urea groups is 1. The Balaban J connectivity index is 2.07. The molecule has 6 nitrogen and oxygen atoms in total. The first-order valence-electron chi connectivity index (χ1n) is 6.06. The maximum absolute atomic E-state index is 13.0. The molecule has 0 spiro atoms. The third-order valence-corrected chi connectivity index (χ3v) is 2.62. The van der Waals surface area contributed by atoms with Gasteiger partial charge in [0.25, 0.3) is 12.3 Å². The lowest BCUT2D eigenvalue weighted by atomic mass is 10.2. The summed E-state index contributed by atoms with van der Waals surface area (Å²) in [5.41, 5.74) is -1.02. The number of carbonyl (C=O) groups is 2. The standard InChI is InChI=1S/C13H11F3N4O2/c1-20-6-9(10(19-20)11(15)16)12(21)18-13(22)17-8-4-2-3-7(14)5-8/h2-6,11H,1H3,(H2,17,18,21,22). The first-order valence-corrected chi connectivity index (χ1v) is 6.06. The summed E-state index contributed by atoms with van der Waals surface area (Å²) in [6.45, 7) is 0. The van der Waals surface area contributed by atoms with Crippen molar-refractivity contribution in [1.82, 2.24) is 15.1 Å². The van der Waals surface area contributed by atoms with E-state index in [0.717, 1.165) is 16.9 Å². The van der Waals surface area contributed by atoms with Crippen molar-refractivity contribution < 1.29 is 22.8 Å². The number of alkyl halides is 2. The second-order valence-corrected chi connectivity index (χ2v) is 4.32. The van der Waals surface area contributed by atoms with Crippen LogP contribution < -0.4 is 10.6 Å². The van der Waals surface area contributed by atoms with Crippen molar-refractivity contribution in [3.05, 3.63) is 47.5 Å². The van der Waals surface area contributed by atoms with Gasteiger partial charge >= 0.3 is 6.03 Å². The van der Waals surface area contributed by atoms with Crippen LogP contribution in [-0.4, -0.2) is 21.7 Å². The molecule has 0 saturated heterocycles. The van der Waals surface area contributed by atoms with Crippen molar-refractivity contribution in [2.75, 3.05) is 5.32 Å². The molecule has 1 aromatic heterocycles. The number of amides is 3. The van der Waals surface area contributed by atoms with Gasteiger partial charge in [-0.25, -0.2) is 18.0 Å². The van der Waals surface area contributed by atoms with Crippen molar-refractivity contribution in [2.24, 2.45) is 7.05 Å². The number of halogens is 3. The highest BCUT2D eigenvalue weighted by atomic mass is 19.3. The van der Waals surface area contributed by atoms with Crippen LogP contribution in [0.5, 0.6) is 0 Å². The highest BCUT2D eigenvalue weighted by molar-refractivity contribution is 6.08. The van der Waals surface area contributed by atoms with Gasteiger partial charge in [-0.2, -0.15) is 5.10 Å². The summed E-state index contributed by atoms with van der Waals surface area (Å²) < 4.78 is 39.5. The molecule has 0 atom stereocenters. The molecule has 116 valence electrons. The Labute approximate surface area is 122 Å². The minimum atomic E-state index is -2.95. The lowest BCUT2D eigenvalue weighted by Crippen LogP contribution is -2.34. The largest absolute Gasteiger partial charge is 0.326 e. The van der Waals surface area contributed by atoms with Gasteiger partial charge in [0.15, 0.2) is 0 Å². The second-order valence-electron chi connectivity index (χ2n) is 4.32. The number of anilines is 1. The first kappa shape index (κ1) is 15.5. The van der Waals surface area contributed by atoms with E-state index < -0.39 is 35.4 Å². The van der Waals surface area contributed by atoms with Gasteiger partial charge in [-0.1, -0.05) is 6.07 Å². The van der Waals surface area contributed by atoms with Crippen molar-refractivity contribution in [1.29, 1.82) is 0 Å². The summed E-state index contributed by atoms with van der Waals surface area (Å²) in [4.78, 5) is 23.4. The lowest BCUT2D eigenvalue weighted by Gasteiger charge is -2.06. The number of nitrogens with zero attached hydrogens (tertiary/aromatic N) is 2. The van der Waals surface area contributed by atoms with Crippen LogP contribution in [0, 0.1) is 5.82 Å². The van der Waals surface area contributed by atoms with E-state index in [1.165, 1.54) is 25.2 Å². The van der Waals surface area contributed by atoms with Gasteiger partial charge in [0.2, 0.25) is 0 Å². The molecule has 0 fully saturated rings. The van der Waals surface area contributed by atoms with Crippen LogP contribution in [0.2, 0.25) is 0 Å². The highest BCUT2D eigenvalue weighted by Crippen LogP contribution is 2.20. The van der Waals surface area contributed by atoms with Crippen molar-refractivity contribution in [2.45, 2.75) is 6.43 Å². The van der Waals surface area contributed by atoms with Crippen LogP contribution in [0.25, 0.3) is 0 Å². The topological polar surface area (TPSA) is 76.0 Å². The van der Waals surface area contributed by atoms with E-state index in [9.17, 15) is 22.8 Å². The van der Waals surface area contributed by atoms with Crippen LogP contribution in [0.1, 0.15) is 22.5 Å². The van der Waals surface area contributed by atoms with E-state index in [0.29, 0.717) is 0 Å². The average Bonchev–Trinajstić information content (AvgIpc) is 2.81. The van der Waals surface area contributed by atoms with Gasteiger partial charge in [-0.3, -0.25) is 14.8 Å². The Kier molecular flexibility index (Phi) is 4.44. The van der Waals surface area contributed by atoms with E-state index in [1.54, 1.807) is 0 Å². The zero-order valence-corrected chi connectivity index (χ0v) is 11.3. The predicted octanol–water partition coefficient (Wildman–Crippen LogP) is 2.46. The van der Waals surface area contributed by atoms with Crippen LogP contribution in [0.4, 0.5) is 23.7 Å². The van der Waals surface area contributed by atoms with Crippen LogP contribution in [-0.2, 0) is 7.05 Å².